The highest BCUT2D eigenvalue weighted by atomic mass is 19.1. The molecule has 1 N–H and O–H groups in total. The van der Waals surface area contributed by atoms with Gasteiger partial charge in [-0.15, -0.1) is 0 Å². The van der Waals surface area contributed by atoms with Gasteiger partial charge in [0.15, 0.2) is 22.9 Å². The third kappa shape index (κ3) is 3.59. The second-order valence-electron chi connectivity index (χ2n) is 7.88. The number of amides is 1. The zero-order chi connectivity index (χ0) is 24.7. The number of para-hydroxylation sites is 1. The molecule has 3 aromatic carbocycles. The Morgan fingerprint density at radius 2 is 1.77 bits per heavy atom. The third-order valence-electron chi connectivity index (χ3n) is 5.94. The molecule has 1 aromatic heterocycles. The predicted octanol–water partition coefficient (Wildman–Crippen LogP) is 5.37. The number of aliphatic hydroxyl groups is 1. The summed E-state index contributed by atoms with van der Waals surface area (Å²) in [7, 11) is 2.95. The van der Waals surface area contributed by atoms with Crippen molar-refractivity contribution in [3.8, 4) is 11.5 Å². The third-order valence-corrected chi connectivity index (χ3v) is 5.94. The zero-order valence-electron chi connectivity index (χ0n) is 18.8. The number of aliphatic hydroxyl groups excluding tert-OH is 1. The molecule has 5 rings (SSSR count). The molecular formula is C27H20FNO6. The van der Waals surface area contributed by atoms with E-state index in [4.69, 9.17) is 13.9 Å². The first-order valence-electron chi connectivity index (χ1n) is 10.7. The van der Waals surface area contributed by atoms with Crippen LogP contribution in [0.4, 0.5) is 10.1 Å². The number of Topliss-reactive ketones (excluding diaryl/α,β-unsaturated/α-hetero) is 1. The lowest BCUT2D eigenvalue weighted by atomic mass is 9.94. The first-order chi connectivity index (χ1) is 16.9. The van der Waals surface area contributed by atoms with Gasteiger partial charge in [-0.1, -0.05) is 36.4 Å². The highest BCUT2D eigenvalue weighted by Gasteiger charge is 2.46. The lowest BCUT2D eigenvalue weighted by Gasteiger charge is -2.27. The van der Waals surface area contributed by atoms with Gasteiger partial charge in [-0.2, -0.15) is 0 Å². The summed E-state index contributed by atoms with van der Waals surface area (Å²) in [4.78, 5) is 28.1. The van der Waals surface area contributed by atoms with Crippen LogP contribution < -0.4 is 14.4 Å². The average molecular weight is 473 g/mol. The van der Waals surface area contributed by atoms with E-state index in [2.05, 4.69) is 0 Å². The number of ketones is 1. The molecule has 0 saturated carbocycles. The van der Waals surface area contributed by atoms with Gasteiger partial charge in [0, 0.05) is 22.7 Å². The van der Waals surface area contributed by atoms with Gasteiger partial charge in [-0.25, -0.2) is 4.39 Å². The number of benzene rings is 3. The minimum atomic E-state index is -1.24. The molecule has 0 bridgehead atoms. The van der Waals surface area contributed by atoms with Crippen LogP contribution in [0.15, 0.2) is 88.5 Å². The molecule has 0 saturated heterocycles. The van der Waals surface area contributed by atoms with Crippen molar-refractivity contribution >= 4 is 28.3 Å². The summed E-state index contributed by atoms with van der Waals surface area (Å²) in [5.41, 5.74) is 0.420. The van der Waals surface area contributed by atoms with Crippen molar-refractivity contribution in [2.24, 2.45) is 0 Å². The molecule has 1 atom stereocenters. The fourth-order valence-corrected chi connectivity index (χ4v) is 4.30. The molecule has 0 fully saturated rings. The van der Waals surface area contributed by atoms with Crippen molar-refractivity contribution in [2.75, 3.05) is 19.1 Å². The number of nitrogens with zero attached hydrogens (tertiary/aromatic N) is 1. The fraction of sp³-hybridized carbons (Fsp3) is 0.111. The number of furan rings is 1. The minimum Gasteiger partial charge on any atom is -0.503 e. The summed E-state index contributed by atoms with van der Waals surface area (Å²) in [6, 6.07) is 17.7. The summed E-state index contributed by atoms with van der Waals surface area (Å²) >= 11 is 0. The topological polar surface area (TPSA) is 89.2 Å². The standard InChI is InChI=1S/C27H20FNO6/c1-33-17-9-6-8-16(14-17)29-23(18-10-3-4-11-19(18)28)22(25(31)27(29)32)24(30)21-13-15-7-5-12-20(34-2)26(15)35-21/h3-14,23,31H,1-2H3. The number of anilines is 1. The number of rotatable bonds is 6. The minimum absolute atomic E-state index is 0.0461. The number of carbonyl (C=O) groups excluding carboxylic acids is 2. The largest absolute Gasteiger partial charge is 0.503 e. The number of methoxy groups -OCH3 is 2. The van der Waals surface area contributed by atoms with Crippen LogP contribution in [-0.2, 0) is 4.79 Å². The molecule has 2 heterocycles. The monoisotopic (exact) mass is 473 g/mol. The molecule has 7 nitrogen and oxygen atoms in total. The quantitative estimate of drug-likeness (QED) is 0.379. The Bertz CT molecular complexity index is 1500. The molecule has 1 amide bonds. The van der Waals surface area contributed by atoms with E-state index >= 15 is 4.39 Å². The molecule has 1 aliphatic rings. The summed E-state index contributed by atoms with van der Waals surface area (Å²) in [6.07, 6.45) is 0. The van der Waals surface area contributed by atoms with Gasteiger partial charge < -0.3 is 19.0 Å². The number of ether oxygens (including phenoxy) is 2. The predicted molar refractivity (Wildman–Crippen MR) is 126 cm³/mol. The van der Waals surface area contributed by atoms with Crippen LogP contribution >= 0.6 is 0 Å². The first kappa shape index (κ1) is 22.2. The number of halogens is 1. The van der Waals surface area contributed by atoms with E-state index in [-0.39, 0.29) is 16.9 Å². The van der Waals surface area contributed by atoms with Gasteiger partial charge >= 0.3 is 0 Å². The number of fused-ring (bicyclic) bond motifs is 1. The fourth-order valence-electron chi connectivity index (χ4n) is 4.30. The van der Waals surface area contributed by atoms with Crippen molar-refractivity contribution in [3.05, 3.63) is 101 Å². The van der Waals surface area contributed by atoms with Gasteiger partial charge in [0.2, 0.25) is 5.78 Å². The van der Waals surface area contributed by atoms with Gasteiger partial charge in [0.25, 0.3) is 5.91 Å². The van der Waals surface area contributed by atoms with Crippen LogP contribution in [0.2, 0.25) is 0 Å². The van der Waals surface area contributed by atoms with Gasteiger partial charge in [-0.3, -0.25) is 14.5 Å². The van der Waals surface area contributed by atoms with Gasteiger partial charge in [0.05, 0.1) is 25.8 Å². The number of hydrogen-bond acceptors (Lipinski definition) is 6. The van der Waals surface area contributed by atoms with Gasteiger partial charge in [-0.05, 0) is 30.3 Å². The lowest BCUT2D eigenvalue weighted by molar-refractivity contribution is -0.117. The highest BCUT2D eigenvalue weighted by molar-refractivity contribution is 6.20. The molecular weight excluding hydrogens is 453 g/mol. The maximum atomic E-state index is 15.0. The van der Waals surface area contributed by atoms with E-state index in [0.29, 0.717) is 28.2 Å². The highest BCUT2D eigenvalue weighted by Crippen LogP contribution is 2.44. The summed E-state index contributed by atoms with van der Waals surface area (Å²) in [6.45, 7) is 0. The second-order valence-corrected chi connectivity index (χ2v) is 7.88. The first-order valence-corrected chi connectivity index (χ1v) is 10.7. The van der Waals surface area contributed by atoms with E-state index in [9.17, 15) is 14.7 Å². The molecule has 1 unspecified atom stereocenters. The Kier molecular flexibility index (Phi) is 5.49. The molecule has 0 aliphatic carbocycles. The van der Waals surface area contributed by atoms with Crippen molar-refractivity contribution in [1.29, 1.82) is 0 Å². The molecule has 4 aromatic rings. The van der Waals surface area contributed by atoms with Crippen LogP contribution in [0.3, 0.4) is 0 Å². The van der Waals surface area contributed by atoms with Crippen molar-refractivity contribution in [3.63, 3.8) is 0 Å². The van der Waals surface area contributed by atoms with Gasteiger partial charge in [0.1, 0.15) is 11.6 Å². The smallest absolute Gasteiger partial charge is 0.294 e. The maximum Gasteiger partial charge on any atom is 0.294 e. The SMILES string of the molecule is COc1cccc(N2C(=O)C(O)=C(C(=O)c3cc4cccc(OC)c4o3)C2c2ccccc2F)c1. The molecule has 0 spiro atoms. The lowest BCUT2D eigenvalue weighted by Crippen LogP contribution is -2.31. The molecule has 1 aliphatic heterocycles. The van der Waals surface area contributed by atoms with Crippen molar-refractivity contribution in [2.45, 2.75) is 6.04 Å². The van der Waals surface area contributed by atoms with Crippen LogP contribution in [0.25, 0.3) is 11.0 Å². The van der Waals surface area contributed by atoms with Crippen molar-refractivity contribution < 1.29 is 33.0 Å². The molecule has 8 heteroatoms. The van der Waals surface area contributed by atoms with E-state index in [1.54, 1.807) is 48.5 Å². The maximum absolute atomic E-state index is 15.0. The van der Waals surface area contributed by atoms with E-state index < -0.39 is 29.3 Å². The Hall–Kier alpha value is -4.59. The molecule has 0 radical (unpaired) electrons. The summed E-state index contributed by atoms with van der Waals surface area (Å²) < 4.78 is 31.3. The Balaban J connectivity index is 1.68. The second kappa shape index (κ2) is 8.64. The van der Waals surface area contributed by atoms with Crippen LogP contribution in [-0.4, -0.2) is 31.0 Å². The number of carbonyl (C=O) groups is 2. The Morgan fingerprint density at radius 3 is 2.51 bits per heavy atom. The molecule has 176 valence electrons. The normalized spacial score (nSPS) is 15.7. The van der Waals surface area contributed by atoms with Crippen LogP contribution in [0, 0.1) is 5.82 Å². The zero-order valence-corrected chi connectivity index (χ0v) is 18.8. The average Bonchev–Trinajstić information content (AvgIpc) is 3.43. The van der Waals surface area contributed by atoms with Crippen molar-refractivity contribution in [1.82, 2.24) is 0 Å². The van der Waals surface area contributed by atoms with Crippen LogP contribution in [0.1, 0.15) is 22.2 Å². The summed E-state index contributed by atoms with van der Waals surface area (Å²) in [5, 5.41) is 11.5. The Morgan fingerprint density at radius 1 is 1.00 bits per heavy atom. The summed E-state index contributed by atoms with van der Waals surface area (Å²) in [5.74, 6) is -2.25. The number of hydrogen-bond donors (Lipinski definition) is 1. The van der Waals surface area contributed by atoms with Crippen LogP contribution in [0.5, 0.6) is 11.5 Å². The van der Waals surface area contributed by atoms with E-state index in [1.807, 2.05) is 0 Å². The van der Waals surface area contributed by atoms with E-state index in [0.717, 1.165) is 0 Å². The van der Waals surface area contributed by atoms with E-state index in [1.165, 1.54) is 43.4 Å². The Labute approximate surface area is 199 Å². The molecule has 35 heavy (non-hydrogen) atoms.